The van der Waals surface area contributed by atoms with E-state index in [-0.39, 0.29) is 29.1 Å². The molecular formula is C13H19N5O. The predicted octanol–water partition coefficient (Wildman–Crippen LogP) is 1.52. The van der Waals surface area contributed by atoms with Crippen LogP contribution in [0.25, 0.3) is 0 Å². The summed E-state index contributed by atoms with van der Waals surface area (Å²) in [5, 5.41) is 18.6. The lowest BCUT2D eigenvalue weighted by Crippen LogP contribution is -2.37. The zero-order chi connectivity index (χ0) is 14.0. The number of nitriles is 1. The number of nitrogens with one attached hydrogen (secondary N) is 2. The monoisotopic (exact) mass is 261 g/mol. The topological polar surface area (TPSA) is 94.5 Å². The first-order chi connectivity index (χ1) is 8.91. The number of nitrogens with zero attached hydrogens (tertiary/aromatic N) is 3. The molecule has 1 saturated carbocycles. The minimum Gasteiger partial charge on any atom is -0.345 e. The Labute approximate surface area is 112 Å². The highest BCUT2D eigenvalue weighted by Gasteiger charge is 2.30. The van der Waals surface area contributed by atoms with Crippen molar-refractivity contribution in [1.29, 1.82) is 5.26 Å². The molecule has 2 unspecified atom stereocenters. The van der Waals surface area contributed by atoms with Gasteiger partial charge in [0.1, 0.15) is 5.82 Å². The SMILES string of the molecule is CC(C)(C)c1nc(C(=O)NC2CCCC2C#N)n[nH]1. The molecule has 2 atom stereocenters. The summed E-state index contributed by atoms with van der Waals surface area (Å²) >= 11 is 0. The number of hydrogen-bond acceptors (Lipinski definition) is 4. The summed E-state index contributed by atoms with van der Waals surface area (Å²) in [5.41, 5.74) is -0.173. The maximum Gasteiger partial charge on any atom is 0.291 e. The van der Waals surface area contributed by atoms with E-state index in [4.69, 9.17) is 5.26 Å². The van der Waals surface area contributed by atoms with E-state index in [1.54, 1.807) is 0 Å². The highest BCUT2D eigenvalue weighted by molar-refractivity contribution is 5.90. The second kappa shape index (κ2) is 5.00. The largest absolute Gasteiger partial charge is 0.345 e. The number of H-pyrrole nitrogens is 1. The fraction of sp³-hybridized carbons (Fsp3) is 0.692. The molecule has 0 aliphatic heterocycles. The van der Waals surface area contributed by atoms with Crippen molar-refractivity contribution in [3.8, 4) is 6.07 Å². The van der Waals surface area contributed by atoms with E-state index in [1.807, 2.05) is 20.8 Å². The molecule has 1 heterocycles. The molecule has 1 fully saturated rings. The number of aromatic amines is 1. The molecule has 1 aliphatic carbocycles. The molecule has 1 aliphatic rings. The van der Waals surface area contributed by atoms with Crippen LogP contribution in [0.3, 0.4) is 0 Å². The molecule has 0 aromatic carbocycles. The summed E-state index contributed by atoms with van der Waals surface area (Å²) in [4.78, 5) is 16.2. The van der Waals surface area contributed by atoms with E-state index >= 15 is 0 Å². The Bertz CT molecular complexity index is 508. The lowest BCUT2D eigenvalue weighted by molar-refractivity contribution is 0.0922. The van der Waals surface area contributed by atoms with E-state index in [0.29, 0.717) is 5.82 Å². The van der Waals surface area contributed by atoms with Crippen LogP contribution in [0.4, 0.5) is 0 Å². The molecule has 1 aromatic rings. The van der Waals surface area contributed by atoms with Crippen molar-refractivity contribution in [1.82, 2.24) is 20.5 Å². The Kier molecular flexibility index (Phi) is 3.56. The van der Waals surface area contributed by atoms with Crippen LogP contribution in [0.1, 0.15) is 56.5 Å². The van der Waals surface area contributed by atoms with E-state index < -0.39 is 0 Å². The lowest BCUT2D eigenvalue weighted by atomic mass is 9.96. The molecule has 1 amide bonds. The first-order valence-electron chi connectivity index (χ1n) is 6.55. The van der Waals surface area contributed by atoms with Crippen LogP contribution in [-0.4, -0.2) is 27.1 Å². The summed E-state index contributed by atoms with van der Waals surface area (Å²) in [6.07, 6.45) is 2.67. The van der Waals surface area contributed by atoms with Gasteiger partial charge in [0.25, 0.3) is 5.91 Å². The van der Waals surface area contributed by atoms with Crippen LogP contribution in [0, 0.1) is 17.2 Å². The Morgan fingerprint density at radius 3 is 2.79 bits per heavy atom. The smallest absolute Gasteiger partial charge is 0.291 e. The minimum atomic E-state index is -0.307. The summed E-state index contributed by atoms with van der Waals surface area (Å²) < 4.78 is 0. The Morgan fingerprint density at radius 1 is 1.47 bits per heavy atom. The average molecular weight is 261 g/mol. The molecule has 2 rings (SSSR count). The van der Waals surface area contributed by atoms with Gasteiger partial charge in [-0.1, -0.05) is 20.8 Å². The van der Waals surface area contributed by atoms with Crippen LogP contribution in [0.15, 0.2) is 0 Å². The number of rotatable bonds is 2. The molecule has 2 N–H and O–H groups in total. The summed E-state index contributed by atoms with van der Waals surface area (Å²) in [7, 11) is 0. The van der Waals surface area contributed by atoms with Gasteiger partial charge in [-0.25, -0.2) is 4.98 Å². The van der Waals surface area contributed by atoms with Gasteiger partial charge in [-0.15, -0.1) is 5.10 Å². The normalized spacial score (nSPS) is 23.1. The fourth-order valence-electron chi connectivity index (χ4n) is 2.22. The minimum absolute atomic E-state index is 0.0749. The molecule has 6 heteroatoms. The molecule has 19 heavy (non-hydrogen) atoms. The predicted molar refractivity (Wildman–Crippen MR) is 69.3 cm³/mol. The summed E-state index contributed by atoms with van der Waals surface area (Å²) in [6.45, 7) is 5.99. The van der Waals surface area contributed by atoms with Gasteiger partial charge in [-0.05, 0) is 19.3 Å². The van der Waals surface area contributed by atoms with Crippen molar-refractivity contribution >= 4 is 5.91 Å². The van der Waals surface area contributed by atoms with Crippen LogP contribution < -0.4 is 5.32 Å². The van der Waals surface area contributed by atoms with E-state index in [9.17, 15) is 4.79 Å². The zero-order valence-electron chi connectivity index (χ0n) is 11.5. The first kappa shape index (κ1) is 13.5. The van der Waals surface area contributed by atoms with Crippen molar-refractivity contribution in [2.75, 3.05) is 0 Å². The van der Waals surface area contributed by atoms with E-state index in [1.165, 1.54) is 0 Å². The van der Waals surface area contributed by atoms with Gasteiger partial charge in [-0.2, -0.15) is 5.26 Å². The molecule has 6 nitrogen and oxygen atoms in total. The third-order valence-corrected chi connectivity index (χ3v) is 3.40. The van der Waals surface area contributed by atoms with Gasteiger partial charge in [0.05, 0.1) is 12.0 Å². The highest BCUT2D eigenvalue weighted by atomic mass is 16.2. The number of carbonyl (C=O) groups excluding carboxylic acids is 1. The Balaban J connectivity index is 2.05. The Morgan fingerprint density at radius 2 is 2.21 bits per heavy atom. The molecular weight excluding hydrogens is 242 g/mol. The quantitative estimate of drug-likeness (QED) is 0.844. The number of aromatic nitrogens is 3. The van der Waals surface area contributed by atoms with Crippen LogP contribution in [-0.2, 0) is 5.41 Å². The molecule has 0 spiro atoms. The Hall–Kier alpha value is -1.90. The van der Waals surface area contributed by atoms with Crippen molar-refractivity contribution in [2.24, 2.45) is 5.92 Å². The van der Waals surface area contributed by atoms with Crippen molar-refractivity contribution in [3.63, 3.8) is 0 Å². The van der Waals surface area contributed by atoms with Crippen molar-refractivity contribution < 1.29 is 4.79 Å². The lowest BCUT2D eigenvalue weighted by Gasteiger charge is -2.14. The van der Waals surface area contributed by atoms with Crippen LogP contribution in [0.5, 0.6) is 0 Å². The van der Waals surface area contributed by atoms with E-state index in [0.717, 1.165) is 19.3 Å². The van der Waals surface area contributed by atoms with Crippen LogP contribution >= 0.6 is 0 Å². The molecule has 0 radical (unpaired) electrons. The average Bonchev–Trinajstić information content (AvgIpc) is 2.95. The van der Waals surface area contributed by atoms with Gasteiger partial charge < -0.3 is 5.32 Å². The third kappa shape index (κ3) is 2.92. The third-order valence-electron chi connectivity index (χ3n) is 3.40. The molecule has 102 valence electrons. The number of hydrogen-bond donors (Lipinski definition) is 2. The molecule has 0 bridgehead atoms. The summed E-state index contributed by atoms with van der Waals surface area (Å²) in [6, 6.07) is 2.16. The van der Waals surface area contributed by atoms with Gasteiger partial charge in [0, 0.05) is 11.5 Å². The number of amides is 1. The van der Waals surface area contributed by atoms with Gasteiger partial charge in [-0.3, -0.25) is 9.89 Å². The zero-order valence-corrected chi connectivity index (χ0v) is 11.5. The number of carbonyl (C=O) groups is 1. The van der Waals surface area contributed by atoms with Gasteiger partial charge in [0.15, 0.2) is 0 Å². The highest BCUT2D eigenvalue weighted by Crippen LogP contribution is 2.25. The van der Waals surface area contributed by atoms with Crippen LogP contribution in [0.2, 0.25) is 0 Å². The maximum atomic E-state index is 12.0. The van der Waals surface area contributed by atoms with E-state index in [2.05, 4.69) is 26.6 Å². The second-order valence-corrected chi connectivity index (χ2v) is 6.00. The van der Waals surface area contributed by atoms with Crippen molar-refractivity contribution in [2.45, 2.75) is 51.5 Å². The fourth-order valence-corrected chi connectivity index (χ4v) is 2.22. The second-order valence-electron chi connectivity index (χ2n) is 6.00. The maximum absolute atomic E-state index is 12.0. The standard InChI is InChI=1S/C13H19N5O/c1-13(2,3)12-16-10(17-18-12)11(19)15-9-6-4-5-8(9)7-14/h8-9H,4-6H2,1-3H3,(H,15,19)(H,16,17,18). The first-order valence-corrected chi connectivity index (χ1v) is 6.55. The van der Waals surface area contributed by atoms with Crippen molar-refractivity contribution in [3.05, 3.63) is 11.6 Å². The van der Waals surface area contributed by atoms with Gasteiger partial charge >= 0.3 is 0 Å². The van der Waals surface area contributed by atoms with Gasteiger partial charge in [0.2, 0.25) is 5.82 Å². The molecule has 1 aromatic heterocycles. The molecule has 0 saturated heterocycles. The summed E-state index contributed by atoms with van der Waals surface area (Å²) in [5.74, 6) is 0.429.